The summed E-state index contributed by atoms with van der Waals surface area (Å²) in [5, 5.41) is 17.5. The summed E-state index contributed by atoms with van der Waals surface area (Å²) in [6.07, 6.45) is 6.53. The van der Waals surface area contributed by atoms with E-state index in [1.165, 1.54) is 0 Å². The van der Waals surface area contributed by atoms with E-state index in [0.717, 1.165) is 31.6 Å². The SMILES string of the molecule is CCCOCC(CC)(COCCO)COCCO.CS(C)(O)CCCCl. The van der Waals surface area contributed by atoms with Crippen molar-refractivity contribution in [1.29, 1.82) is 0 Å². The average Bonchev–Trinajstić information content (AvgIpc) is 2.60. The first-order valence-corrected chi connectivity index (χ1v) is 12.4. The van der Waals surface area contributed by atoms with E-state index in [1.807, 2.05) is 12.5 Å². The van der Waals surface area contributed by atoms with Crippen molar-refractivity contribution in [3.63, 3.8) is 0 Å². The van der Waals surface area contributed by atoms with E-state index < -0.39 is 10.3 Å². The van der Waals surface area contributed by atoms with Crippen LogP contribution in [0.25, 0.3) is 0 Å². The molecule has 0 aromatic carbocycles. The van der Waals surface area contributed by atoms with E-state index in [2.05, 4.69) is 13.8 Å². The monoisotopic (exact) mass is 420 g/mol. The molecule has 0 heterocycles. The van der Waals surface area contributed by atoms with Crippen molar-refractivity contribution in [2.24, 2.45) is 5.41 Å². The van der Waals surface area contributed by atoms with Crippen LogP contribution in [0.5, 0.6) is 0 Å². The predicted octanol–water partition coefficient (Wildman–Crippen LogP) is 2.98. The smallest absolute Gasteiger partial charge is 0.0698 e. The fraction of sp³-hybridized carbons (Fsp3) is 1.00. The summed E-state index contributed by atoms with van der Waals surface area (Å²) in [4.78, 5) is 0. The first kappa shape index (κ1) is 28.6. The molecule has 0 bridgehead atoms. The molecule has 0 spiro atoms. The summed E-state index contributed by atoms with van der Waals surface area (Å²) in [7, 11) is -1.27. The zero-order chi connectivity index (χ0) is 20.3. The third-order valence-electron chi connectivity index (χ3n) is 3.57. The minimum Gasteiger partial charge on any atom is -0.394 e. The van der Waals surface area contributed by atoms with E-state index in [4.69, 9.17) is 36.0 Å². The molecule has 26 heavy (non-hydrogen) atoms. The second-order valence-corrected chi connectivity index (χ2v) is 10.4. The number of aliphatic hydroxyl groups excluding tert-OH is 2. The Labute approximate surface area is 166 Å². The van der Waals surface area contributed by atoms with Gasteiger partial charge >= 0.3 is 0 Å². The lowest BCUT2D eigenvalue weighted by Crippen LogP contribution is -2.37. The number of hydrogen-bond acceptors (Lipinski definition) is 6. The average molecular weight is 421 g/mol. The first-order chi connectivity index (χ1) is 12.3. The lowest BCUT2D eigenvalue weighted by molar-refractivity contribution is -0.0784. The fourth-order valence-electron chi connectivity index (χ4n) is 1.98. The van der Waals surface area contributed by atoms with Gasteiger partial charge in [-0.1, -0.05) is 13.8 Å². The van der Waals surface area contributed by atoms with Gasteiger partial charge in [-0.15, -0.1) is 21.9 Å². The Hall–Kier alpha value is 0.400. The highest BCUT2D eigenvalue weighted by molar-refractivity contribution is 8.28. The molecule has 0 atom stereocenters. The van der Waals surface area contributed by atoms with Crippen LogP contribution in [0.4, 0.5) is 0 Å². The van der Waals surface area contributed by atoms with Crippen molar-refractivity contribution in [3.8, 4) is 0 Å². The minimum absolute atomic E-state index is 0.0209. The maximum atomic E-state index is 9.17. The fourth-order valence-corrected chi connectivity index (χ4v) is 3.12. The Morgan fingerprint density at radius 3 is 1.62 bits per heavy atom. The van der Waals surface area contributed by atoms with Crippen LogP contribution >= 0.6 is 21.9 Å². The van der Waals surface area contributed by atoms with Crippen LogP contribution in [0.15, 0.2) is 0 Å². The third-order valence-corrected chi connectivity index (χ3v) is 5.13. The van der Waals surface area contributed by atoms with E-state index in [0.29, 0.717) is 38.9 Å². The van der Waals surface area contributed by atoms with E-state index in [9.17, 15) is 4.55 Å². The lowest BCUT2D eigenvalue weighted by atomic mass is 9.88. The number of alkyl halides is 1. The summed E-state index contributed by atoms with van der Waals surface area (Å²) in [5.74, 6) is 1.54. The lowest BCUT2D eigenvalue weighted by Gasteiger charge is -2.32. The largest absolute Gasteiger partial charge is 0.394 e. The molecule has 3 N–H and O–H groups in total. The number of aliphatic hydroxyl groups is 2. The number of hydrogen-bond donors (Lipinski definition) is 3. The third kappa shape index (κ3) is 19.2. The van der Waals surface area contributed by atoms with Gasteiger partial charge in [0, 0.05) is 17.9 Å². The topological polar surface area (TPSA) is 88.4 Å². The van der Waals surface area contributed by atoms with E-state index in [1.54, 1.807) is 0 Å². The van der Waals surface area contributed by atoms with Crippen molar-refractivity contribution in [2.75, 3.05) is 77.0 Å². The predicted molar refractivity (Wildman–Crippen MR) is 112 cm³/mol. The van der Waals surface area contributed by atoms with Crippen LogP contribution in [0.1, 0.15) is 33.1 Å². The molecule has 0 aliphatic heterocycles. The standard InChI is InChI=1S/C13H28O5.C5H13ClOS/c1-3-7-16-10-13(4-2,11-17-8-5-14)12-18-9-6-15;1-8(2,7)5-3-4-6/h14-15H,3-12H2,1-2H3;7H,3-5H2,1-2H3. The summed E-state index contributed by atoms with van der Waals surface area (Å²) in [6, 6.07) is 0. The van der Waals surface area contributed by atoms with Crippen molar-refractivity contribution < 1.29 is 29.0 Å². The molecule has 0 unspecified atom stereocenters. The maximum Gasteiger partial charge on any atom is 0.0698 e. The molecule has 6 nitrogen and oxygen atoms in total. The van der Waals surface area contributed by atoms with Crippen LogP contribution in [0.2, 0.25) is 0 Å². The molecule has 0 fully saturated rings. The van der Waals surface area contributed by atoms with Gasteiger partial charge in [-0.05, 0) is 37.5 Å². The molecule has 0 aromatic heterocycles. The molecule has 8 heteroatoms. The highest BCUT2D eigenvalue weighted by Crippen LogP contribution is 2.34. The number of halogens is 1. The summed E-state index contributed by atoms with van der Waals surface area (Å²) in [5.41, 5.74) is -0.195. The molecule has 0 aliphatic carbocycles. The summed E-state index contributed by atoms with van der Waals surface area (Å²) in [6.45, 7) is 7.14. The highest BCUT2D eigenvalue weighted by atomic mass is 35.5. The second kappa shape index (κ2) is 18.7. The van der Waals surface area contributed by atoms with Gasteiger partial charge in [0.1, 0.15) is 0 Å². The minimum atomic E-state index is -1.27. The quantitative estimate of drug-likeness (QED) is 0.263. The first-order valence-electron chi connectivity index (χ1n) is 9.25. The van der Waals surface area contributed by atoms with Gasteiger partial charge in [0.15, 0.2) is 0 Å². The van der Waals surface area contributed by atoms with Crippen molar-refractivity contribution in [1.82, 2.24) is 0 Å². The zero-order valence-electron chi connectivity index (χ0n) is 17.0. The normalized spacial score (nSPS) is 12.6. The summed E-state index contributed by atoms with van der Waals surface area (Å²) >= 11 is 5.41. The molecule has 0 saturated heterocycles. The van der Waals surface area contributed by atoms with Gasteiger partial charge in [0.05, 0.1) is 46.2 Å². The molecular weight excluding hydrogens is 380 g/mol. The Morgan fingerprint density at radius 2 is 1.35 bits per heavy atom. The van der Waals surface area contributed by atoms with Gasteiger partial charge in [-0.3, -0.25) is 0 Å². The molecule has 0 amide bonds. The molecular formula is C18H41ClO6S. The van der Waals surface area contributed by atoms with Gasteiger partial charge in [0.25, 0.3) is 0 Å². The number of ether oxygens (including phenoxy) is 3. The van der Waals surface area contributed by atoms with Gasteiger partial charge in [0.2, 0.25) is 0 Å². The van der Waals surface area contributed by atoms with E-state index in [-0.39, 0.29) is 18.6 Å². The Morgan fingerprint density at radius 1 is 0.885 bits per heavy atom. The second-order valence-electron chi connectivity index (χ2n) is 6.69. The van der Waals surface area contributed by atoms with Crippen LogP contribution in [-0.4, -0.2) is 91.8 Å². The summed E-state index contributed by atoms with van der Waals surface area (Å²) < 4.78 is 25.6. The van der Waals surface area contributed by atoms with Crippen LogP contribution in [0.3, 0.4) is 0 Å². The van der Waals surface area contributed by atoms with Crippen LogP contribution in [0, 0.1) is 5.41 Å². The molecule has 162 valence electrons. The highest BCUT2D eigenvalue weighted by Gasteiger charge is 2.29. The van der Waals surface area contributed by atoms with Gasteiger partial charge in [-0.25, -0.2) is 0 Å². The molecule has 0 saturated carbocycles. The zero-order valence-corrected chi connectivity index (χ0v) is 18.6. The molecule has 0 aliphatic rings. The number of rotatable bonds is 16. The molecule has 0 radical (unpaired) electrons. The van der Waals surface area contributed by atoms with Crippen molar-refractivity contribution in [2.45, 2.75) is 33.1 Å². The Bertz CT molecular complexity index is 263. The maximum absolute atomic E-state index is 9.17. The van der Waals surface area contributed by atoms with E-state index >= 15 is 0 Å². The van der Waals surface area contributed by atoms with Crippen molar-refractivity contribution in [3.05, 3.63) is 0 Å². The van der Waals surface area contributed by atoms with Gasteiger partial charge in [-0.2, -0.15) is 0 Å². The van der Waals surface area contributed by atoms with Crippen LogP contribution < -0.4 is 0 Å². The van der Waals surface area contributed by atoms with Crippen molar-refractivity contribution >= 4 is 21.9 Å². The molecule has 0 rings (SSSR count). The van der Waals surface area contributed by atoms with Gasteiger partial charge < -0.3 is 29.0 Å². The molecule has 0 aromatic rings. The Kier molecular flexibility index (Phi) is 20.6. The van der Waals surface area contributed by atoms with Crippen LogP contribution in [-0.2, 0) is 14.2 Å². The Balaban J connectivity index is 0.